The van der Waals surface area contributed by atoms with Crippen LogP contribution in [0.3, 0.4) is 0 Å². The molecule has 1 aliphatic carbocycles. The van der Waals surface area contributed by atoms with Crippen LogP contribution in [0, 0.1) is 6.92 Å². The highest BCUT2D eigenvalue weighted by Gasteiger charge is 2.23. The SMILES string of the molecule is Cc1ccccc1NC(=O)CN(CCO)C1CCCC1. The number of carbonyl (C=O) groups excluding carboxylic acids is 1. The number of hydrogen-bond donors (Lipinski definition) is 2. The molecule has 0 saturated heterocycles. The van der Waals surface area contributed by atoms with Gasteiger partial charge in [-0.25, -0.2) is 0 Å². The molecule has 0 atom stereocenters. The van der Waals surface area contributed by atoms with Crippen LogP contribution in [0.1, 0.15) is 31.2 Å². The first-order valence-electron chi connectivity index (χ1n) is 7.41. The monoisotopic (exact) mass is 276 g/mol. The van der Waals surface area contributed by atoms with Crippen molar-refractivity contribution in [3.8, 4) is 0 Å². The largest absolute Gasteiger partial charge is 0.395 e. The number of aryl methyl sites for hydroxylation is 1. The van der Waals surface area contributed by atoms with Gasteiger partial charge in [0.15, 0.2) is 0 Å². The Labute approximate surface area is 120 Å². The molecule has 0 radical (unpaired) electrons. The summed E-state index contributed by atoms with van der Waals surface area (Å²) in [6, 6.07) is 8.23. The second kappa shape index (κ2) is 7.41. The molecule has 1 aromatic rings. The molecule has 1 aliphatic rings. The van der Waals surface area contributed by atoms with Gasteiger partial charge in [0.1, 0.15) is 0 Å². The molecule has 1 aromatic carbocycles. The summed E-state index contributed by atoms with van der Waals surface area (Å²) >= 11 is 0. The molecule has 20 heavy (non-hydrogen) atoms. The minimum Gasteiger partial charge on any atom is -0.395 e. The lowest BCUT2D eigenvalue weighted by Gasteiger charge is -2.27. The Hall–Kier alpha value is -1.39. The lowest BCUT2D eigenvalue weighted by atomic mass is 10.2. The standard InChI is InChI=1S/C16H24N2O2/c1-13-6-2-5-9-15(13)17-16(20)12-18(10-11-19)14-7-3-4-8-14/h2,5-6,9,14,19H,3-4,7-8,10-12H2,1H3,(H,17,20). The maximum atomic E-state index is 12.2. The van der Waals surface area contributed by atoms with Crippen molar-refractivity contribution in [1.29, 1.82) is 0 Å². The van der Waals surface area contributed by atoms with E-state index in [1.165, 1.54) is 12.8 Å². The van der Waals surface area contributed by atoms with Gasteiger partial charge < -0.3 is 10.4 Å². The predicted octanol–water partition coefficient (Wildman–Crippen LogP) is 2.17. The average molecular weight is 276 g/mol. The molecule has 0 unspecified atom stereocenters. The number of para-hydroxylation sites is 1. The van der Waals surface area contributed by atoms with Crippen molar-refractivity contribution in [1.82, 2.24) is 4.90 Å². The fourth-order valence-electron chi connectivity index (χ4n) is 2.88. The molecule has 2 rings (SSSR count). The van der Waals surface area contributed by atoms with E-state index in [0.29, 0.717) is 19.1 Å². The lowest BCUT2D eigenvalue weighted by molar-refractivity contribution is -0.118. The first-order valence-corrected chi connectivity index (χ1v) is 7.41. The van der Waals surface area contributed by atoms with Gasteiger partial charge in [-0.15, -0.1) is 0 Å². The molecule has 0 aromatic heterocycles. The Morgan fingerprint density at radius 3 is 2.70 bits per heavy atom. The number of carbonyl (C=O) groups is 1. The second-order valence-electron chi connectivity index (χ2n) is 5.50. The minimum atomic E-state index is -0.000324. The zero-order chi connectivity index (χ0) is 14.4. The number of aliphatic hydroxyl groups excluding tert-OH is 1. The third kappa shape index (κ3) is 4.05. The molecule has 2 N–H and O–H groups in total. The predicted molar refractivity (Wildman–Crippen MR) is 80.7 cm³/mol. The zero-order valence-electron chi connectivity index (χ0n) is 12.1. The van der Waals surface area contributed by atoms with Gasteiger partial charge in [0.2, 0.25) is 5.91 Å². The van der Waals surface area contributed by atoms with Crippen LogP contribution in [-0.2, 0) is 4.79 Å². The number of nitrogens with zero attached hydrogens (tertiary/aromatic N) is 1. The summed E-state index contributed by atoms with van der Waals surface area (Å²) in [6.07, 6.45) is 4.73. The molecule has 4 heteroatoms. The van der Waals surface area contributed by atoms with Crippen LogP contribution in [0.5, 0.6) is 0 Å². The van der Waals surface area contributed by atoms with E-state index in [9.17, 15) is 9.90 Å². The molecule has 1 saturated carbocycles. The Kier molecular flexibility index (Phi) is 5.56. The van der Waals surface area contributed by atoms with Gasteiger partial charge >= 0.3 is 0 Å². The highest BCUT2D eigenvalue weighted by Crippen LogP contribution is 2.23. The molecule has 1 amide bonds. The molecule has 4 nitrogen and oxygen atoms in total. The van der Waals surface area contributed by atoms with E-state index < -0.39 is 0 Å². The van der Waals surface area contributed by atoms with E-state index in [-0.39, 0.29) is 12.5 Å². The molecule has 0 heterocycles. The maximum Gasteiger partial charge on any atom is 0.238 e. The fourth-order valence-corrected chi connectivity index (χ4v) is 2.88. The molecule has 0 spiro atoms. The van der Waals surface area contributed by atoms with Crippen molar-refractivity contribution in [2.75, 3.05) is 25.0 Å². The molecular formula is C16H24N2O2. The van der Waals surface area contributed by atoms with E-state index >= 15 is 0 Å². The van der Waals surface area contributed by atoms with Crippen LogP contribution in [0.4, 0.5) is 5.69 Å². The number of amides is 1. The van der Waals surface area contributed by atoms with E-state index in [1.54, 1.807) is 0 Å². The van der Waals surface area contributed by atoms with Crippen LogP contribution in [-0.4, -0.2) is 41.7 Å². The normalized spacial score (nSPS) is 15.8. The van der Waals surface area contributed by atoms with Crippen LogP contribution >= 0.6 is 0 Å². The Balaban J connectivity index is 1.92. The highest BCUT2D eigenvalue weighted by molar-refractivity contribution is 5.92. The molecule has 1 fully saturated rings. The van der Waals surface area contributed by atoms with Gasteiger partial charge in [0.05, 0.1) is 13.2 Å². The summed E-state index contributed by atoms with van der Waals surface area (Å²) in [6.45, 7) is 3.03. The summed E-state index contributed by atoms with van der Waals surface area (Å²) in [5.41, 5.74) is 1.93. The lowest BCUT2D eigenvalue weighted by Crippen LogP contribution is -2.41. The topological polar surface area (TPSA) is 52.6 Å². The fraction of sp³-hybridized carbons (Fsp3) is 0.562. The summed E-state index contributed by atoms with van der Waals surface area (Å²) in [5.74, 6) is -0.000324. The number of nitrogens with one attached hydrogen (secondary N) is 1. The minimum absolute atomic E-state index is 0.000324. The van der Waals surface area contributed by atoms with Crippen molar-refractivity contribution >= 4 is 11.6 Å². The third-order valence-corrected chi connectivity index (χ3v) is 3.99. The zero-order valence-corrected chi connectivity index (χ0v) is 12.1. The average Bonchev–Trinajstić information content (AvgIpc) is 2.95. The second-order valence-corrected chi connectivity index (χ2v) is 5.50. The number of hydrogen-bond acceptors (Lipinski definition) is 3. The van der Waals surface area contributed by atoms with Crippen molar-refractivity contribution in [3.63, 3.8) is 0 Å². The number of benzene rings is 1. The van der Waals surface area contributed by atoms with E-state index in [2.05, 4.69) is 10.2 Å². The van der Waals surface area contributed by atoms with Crippen molar-refractivity contribution in [3.05, 3.63) is 29.8 Å². The van der Waals surface area contributed by atoms with Crippen molar-refractivity contribution in [2.45, 2.75) is 38.6 Å². The van der Waals surface area contributed by atoms with Crippen LogP contribution in [0.15, 0.2) is 24.3 Å². The number of anilines is 1. The maximum absolute atomic E-state index is 12.2. The summed E-state index contributed by atoms with van der Waals surface area (Å²) in [7, 11) is 0. The van der Waals surface area contributed by atoms with E-state index in [4.69, 9.17) is 0 Å². The van der Waals surface area contributed by atoms with Crippen molar-refractivity contribution in [2.24, 2.45) is 0 Å². The van der Waals surface area contributed by atoms with E-state index in [0.717, 1.165) is 24.1 Å². The smallest absolute Gasteiger partial charge is 0.238 e. The van der Waals surface area contributed by atoms with Gasteiger partial charge in [-0.1, -0.05) is 31.0 Å². The van der Waals surface area contributed by atoms with Crippen LogP contribution in [0.25, 0.3) is 0 Å². The van der Waals surface area contributed by atoms with Crippen LogP contribution in [0.2, 0.25) is 0 Å². The first kappa shape index (κ1) is 15.0. The Bertz CT molecular complexity index is 442. The summed E-state index contributed by atoms with van der Waals surface area (Å²) in [4.78, 5) is 14.3. The quantitative estimate of drug-likeness (QED) is 0.837. The Morgan fingerprint density at radius 1 is 1.35 bits per heavy atom. The first-order chi connectivity index (χ1) is 9.70. The van der Waals surface area contributed by atoms with Gasteiger partial charge in [0.25, 0.3) is 0 Å². The molecular weight excluding hydrogens is 252 g/mol. The van der Waals surface area contributed by atoms with Gasteiger partial charge in [-0.05, 0) is 31.4 Å². The van der Waals surface area contributed by atoms with Gasteiger partial charge in [-0.3, -0.25) is 9.69 Å². The van der Waals surface area contributed by atoms with Gasteiger partial charge in [-0.2, -0.15) is 0 Å². The Morgan fingerprint density at radius 2 is 2.05 bits per heavy atom. The summed E-state index contributed by atoms with van der Waals surface area (Å²) in [5, 5.41) is 12.1. The third-order valence-electron chi connectivity index (χ3n) is 3.99. The molecule has 110 valence electrons. The summed E-state index contributed by atoms with van der Waals surface area (Å²) < 4.78 is 0. The van der Waals surface area contributed by atoms with Gasteiger partial charge in [0, 0.05) is 18.3 Å². The number of aliphatic hydroxyl groups is 1. The highest BCUT2D eigenvalue weighted by atomic mass is 16.3. The molecule has 0 bridgehead atoms. The van der Waals surface area contributed by atoms with E-state index in [1.807, 2.05) is 31.2 Å². The molecule has 0 aliphatic heterocycles. The van der Waals surface area contributed by atoms with Crippen molar-refractivity contribution < 1.29 is 9.90 Å². The number of rotatable bonds is 6. The van der Waals surface area contributed by atoms with Crippen LogP contribution < -0.4 is 5.32 Å².